The third-order valence-corrected chi connectivity index (χ3v) is 3.38. The second-order valence-corrected chi connectivity index (χ2v) is 5.59. The van der Waals surface area contributed by atoms with Gasteiger partial charge in [-0.3, -0.25) is 14.4 Å². The van der Waals surface area contributed by atoms with Gasteiger partial charge in [-0.15, -0.1) is 0 Å². The van der Waals surface area contributed by atoms with E-state index in [9.17, 15) is 14.4 Å². The van der Waals surface area contributed by atoms with Gasteiger partial charge in [-0.1, -0.05) is 17.7 Å². The molecular formula is C18H18ClN3O4. The van der Waals surface area contributed by atoms with Crippen molar-refractivity contribution in [2.75, 3.05) is 23.8 Å². The van der Waals surface area contributed by atoms with Crippen LogP contribution in [-0.2, 0) is 14.4 Å². The van der Waals surface area contributed by atoms with Gasteiger partial charge in [0.05, 0.1) is 13.2 Å². The van der Waals surface area contributed by atoms with Gasteiger partial charge in [0.15, 0.2) is 0 Å². The molecule has 2 rings (SSSR count). The number of halogens is 1. The Morgan fingerprint density at radius 2 is 1.69 bits per heavy atom. The molecule has 0 bridgehead atoms. The Kier molecular flexibility index (Phi) is 6.99. The van der Waals surface area contributed by atoms with Crippen LogP contribution in [0.15, 0.2) is 48.5 Å². The summed E-state index contributed by atoms with van der Waals surface area (Å²) in [7, 11) is 0. The fraction of sp³-hybridized carbons (Fsp3) is 0.167. The molecule has 136 valence electrons. The van der Waals surface area contributed by atoms with Crippen molar-refractivity contribution >= 4 is 40.7 Å². The smallest absolute Gasteiger partial charge is 0.313 e. The highest BCUT2D eigenvalue weighted by Crippen LogP contribution is 2.16. The molecule has 0 radical (unpaired) electrons. The Labute approximate surface area is 155 Å². The van der Waals surface area contributed by atoms with Crippen LogP contribution in [-0.4, -0.2) is 30.9 Å². The first-order valence-electron chi connectivity index (χ1n) is 7.85. The molecule has 7 nitrogen and oxygen atoms in total. The van der Waals surface area contributed by atoms with Crippen LogP contribution in [0.5, 0.6) is 5.75 Å². The minimum absolute atomic E-state index is 0.345. The number of hydrogen-bond donors (Lipinski definition) is 3. The molecule has 0 aromatic heterocycles. The summed E-state index contributed by atoms with van der Waals surface area (Å²) in [6.07, 6.45) is 0. The molecule has 3 amide bonds. The van der Waals surface area contributed by atoms with E-state index in [2.05, 4.69) is 16.0 Å². The first-order valence-corrected chi connectivity index (χ1v) is 8.23. The van der Waals surface area contributed by atoms with Gasteiger partial charge in [0.25, 0.3) is 0 Å². The maximum Gasteiger partial charge on any atom is 0.313 e. The molecule has 3 N–H and O–H groups in total. The van der Waals surface area contributed by atoms with Crippen LogP contribution in [0, 0.1) is 0 Å². The molecule has 0 saturated heterocycles. The molecule has 0 fully saturated rings. The molecule has 0 spiro atoms. The Balaban J connectivity index is 1.79. The highest BCUT2D eigenvalue weighted by Gasteiger charge is 2.15. The zero-order valence-electron chi connectivity index (χ0n) is 14.0. The Morgan fingerprint density at radius 1 is 0.962 bits per heavy atom. The lowest BCUT2D eigenvalue weighted by Gasteiger charge is -2.08. The van der Waals surface area contributed by atoms with Gasteiger partial charge in [0.2, 0.25) is 5.91 Å². The Morgan fingerprint density at radius 3 is 2.35 bits per heavy atom. The summed E-state index contributed by atoms with van der Waals surface area (Å²) in [5.41, 5.74) is 0.938. The second-order valence-electron chi connectivity index (χ2n) is 5.15. The fourth-order valence-electron chi connectivity index (χ4n) is 2.00. The standard InChI is InChI=1S/C18H18ClN3O4/c1-2-26-15-8-6-13(7-9-15)22-18(25)17(24)20-11-16(23)21-14-5-3-4-12(19)10-14/h3-10H,2,11H2,1H3,(H,20,24)(H,21,23)(H,22,25). The lowest BCUT2D eigenvalue weighted by molar-refractivity contribution is -0.136. The number of benzene rings is 2. The maximum atomic E-state index is 11.8. The number of rotatable bonds is 6. The van der Waals surface area contributed by atoms with E-state index in [1.165, 1.54) is 0 Å². The van der Waals surface area contributed by atoms with E-state index in [4.69, 9.17) is 16.3 Å². The van der Waals surface area contributed by atoms with E-state index >= 15 is 0 Å². The summed E-state index contributed by atoms with van der Waals surface area (Å²) >= 11 is 5.82. The van der Waals surface area contributed by atoms with Crippen molar-refractivity contribution < 1.29 is 19.1 Å². The second kappa shape index (κ2) is 9.43. The van der Waals surface area contributed by atoms with Gasteiger partial charge in [0.1, 0.15) is 5.75 Å². The Hall–Kier alpha value is -3.06. The number of nitrogens with one attached hydrogen (secondary N) is 3. The lowest BCUT2D eigenvalue weighted by Crippen LogP contribution is -2.39. The van der Waals surface area contributed by atoms with E-state index in [1.54, 1.807) is 48.5 Å². The predicted molar refractivity (Wildman–Crippen MR) is 99.3 cm³/mol. The Bertz CT molecular complexity index is 793. The normalized spacial score (nSPS) is 9.92. The van der Waals surface area contributed by atoms with Gasteiger partial charge < -0.3 is 20.7 Å². The monoisotopic (exact) mass is 375 g/mol. The number of hydrogen-bond acceptors (Lipinski definition) is 4. The molecule has 0 heterocycles. The van der Waals surface area contributed by atoms with Crippen LogP contribution in [0.4, 0.5) is 11.4 Å². The van der Waals surface area contributed by atoms with E-state index in [1.807, 2.05) is 6.92 Å². The molecule has 8 heteroatoms. The highest BCUT2D eigenvalue weighted by molar-refractivity contribution is 6.40. The molecule has 0 aliphatic carbocycles. The van der Waals surface area contributed by atoms with Crippen molar-refractivity contribution in [3.63, 3.8) is 0 Å². The summed E-state index contributed by atoms with van der Waals surface area (Å²) in [5.74, 6) is -1.60. The summed E-state index contributed by atoms with van der Waals surface area (Å²) in [6.45, 7) is 2.05. The molecule has 26 heavy (non-hydrogen) atoms. The largest absolute Gasteiger partial charge is 0.494 e. The van der Waals surface area contributed by atoms with Gasteiger partial charge in [-0.2, -0.15) is 0 Å². The average molecular weight is 376 g/mol. The third-order valence-electron chi connectivity index (χ3n) is 3.15. The van der Waals surface area contributed by atoms with Crippen LogP contribution < -0.4 is 20.7 Å². The number of amides is 3. The summed E-state index contributed by atoms with van der Waals surface area (Å²) in [5, 5.41) is 7.72. The minimum atomic E-state index is -0.917. The van der Waals surface area contributed by atoms with Crippen LogP contribution in [0.3, 0.4) is 0 Å². The third kappa shape index (κ3) is 6.10. The van der Waals surface area contributed by atoms with Gasteiger partial charge >= 0.3 is 11.8 Å². The average Bonchev–Trinajstić information content (AvgIpc) is 2.61. The molecule has 2 aromatic carbocycles. The molecule has 0 unspecified atom stereocenters. The quantitative estimate of drug-likeness (QED) is 0.675. The zero-order valence-corrected chi connectivity index (χ0v) is 14.8. The van der Waals surface area contributed by atoms with Gasteiger partial charge in [0, 0.05) is 16.4 Å². The van der Waals surface area contributed by atoms with E-state index in [-0.39, 0.29) is 6.54 Å². The van der Waals surface area contributed by atoms with Gasteiger partial charge in [-0.25, -0.2) is 0 Å². The summed E-state index contributed by atoms with van der Waals surface area (Å²) in [6, 6.07) is 13.2. The fourth-order valence-corrected chi connectivity index (χ4v) is 2.19. The van der Waals surface area contributed by atoms with Crippen LogP contribution in [0.2, 0.25) is 5.02 Å². The molecule has 0 aliphatic rings. The summed E-state index contributed by atoms with van der Waals surface area (Å²) < 4.78 is 5.29. The zero-order chi connectivity index (χ0) is 18.9. The first-order chi connectivity index (χ1) is 12.5. The van der Waals surface area contributed by atoms with Crippen molar-refractivity contribution in [2.24, 2.45) is 0 Å². The van der Waals surface area contributed by atoms with Crippen LogP contribution in [0.25, 0.3) is 0 Å². The number of carbonyl (C=O) groups excluding carboxylic acids is 3. The van der Waals surface area contributed by atoms with Crippen molar-refractivity contribution in [1.82, 2.24) is 5.32 Å². The number of ether oxygens (including phenoxy) is 1. The van der Waals surface area contributed by atoms with Crippen LogP contribution >= 0.6 is 11.6 Å². The van der Waals surface area contributed by atoms with Crippen molar-refractivity contribution in [2.45, 2.75) is 6.92 Å². The van der Waals surface area contributed by atoms with E-state index in [0.717, 1.165) is 0 Å². The van der Waals surface area contributed by atoms with E-state index < -0.39 is 17.7 Å². The number of carbonyl (C=O) groups is 3. The molecular weight excluding hydrogens is 358 g/mol. The van der Waals surface area contributed by atoms with Crippen molar-refractivity contribution in [1.29, 1.82) is 0 Å². The number of anilines is 2. The molecule has 0 aliphatic heterocycles. The predicted octanol–water partition coefficient (Wildman–Crippen LogP) is 2.43. The SMILES string of the molecule is CCOc1ccc(NC(=O)C(=O)NCC(=O)Nc2cccc(Cl)c2)cc1. The topological polar surface area (TPSA) is 96.5 Å². The molecule has 2 aromatic rings. The van der Waals surface area contributed by atoms with Crippen LogP contribution in [0.1, 0.15) is 6.92 Å². The van der Waals surface area contributed by atoms with Crippen molar-refractivity contribution in [3.05, 3.63) is 53.6 Å². The molecule has 0 saturated carbocycles. The van der Waals surface area contributed by atoms with Gasteiger partial charge in [-0.05, 0) is 49.4 Å². The van der Waals surface area contributed by atoms with Crippen molar-refractivity contribution in [3.8, 4) is 5.75 Å². The van der Waals surface area contributed by atoms with E-state index in [0.29, 0.717) is 28.8 Å². The lowest BCUT2D eigenvalue weighted by atomic mass is 10.3. The summed E-state index contributed by atoms with van der Waals surface area (Å²) in [4.78, 5) is 35.4. The highest BCUT2D eigenvalue weighted by atomic mass is 35.5. The minimum Gasteiger partial charge on any atom is -0.494 e. The molecule has 0 atom stereocenters. The first kappa shape index (κ1) is 19.3. The maximum absolute atomic E-state index is 11.8.